The predicted molar refractivity (Wildman–Crippen MR) is 69.7 cm³/mol. The molecule has 1 aliphatic heterocycles. The molecule has 0 aromatic carbocycles. The van der Waals surface area contributed by atoms with Gasteiger partial charge in [0, 0.05) is 13.1 Å². The molecule has 8 nitrogen and oxygen atoms in total. The van der Waals surface area contributed by atoms with Gasteiger partial charge in [0.05, 0.1) is 12.0 Å². The molecule has 0 saturated carbocycles. The molecule has 0 aliphatic carbocycles. The van der Waals surface area contributed by atoms with Crippen LogP contribution in [0.1, 0.15) is 26.1 Å². The molecule has 0 spiro atoms. The first-order valence-electron chi connectivity index (χ1n) is 6.56. The van der Waals surface area contributed by atoms with E-state index in [2.05, 4.69) is 20.5 Å². The molecule has 2 amide bonds. The standard InChI is InChI=1S/C12H19N5O3/c1-8(2)12(10(18)19)3-4-17(6-12)11(20)13-5-9-14-7-15-16-9/h7-8H,3-6H2,1-2H3,(H,13,20)(H,18,19)(H,14,15,16). The zero-order chi connectivity index (χ0) is 14.8. The monoisotopic (exact) mass is 281 g/mol. The number of carbonyl (C=O) groups is 2. The van der Waals surface area contributed by atoms with Crippen LogP contribution in [0.4, 0.5) is 4.79 Å². The Labute approximate surface area is 116 Å². The number of nitrogens with zero attached hydrogens (tertiary/aromatic N) is 3. The summed E-state index contributed by atoms with van der Waals surface area (Å²) in [6.45, 7) is 4.69. The minimum atomic E-state index is -0.844. The number of nitrogens with one attached hydrogen (secondary N) is 2. The lowest BCUT2D eigenvalue weighted by atomic mass is 9.76. The highest BCUT2D eigenvalue weighted by Crippen LogP contribution is 2.38. The third-order valence-corrected chi connectivity index (χ3v) is 3.99. The van der Waals surface area contributed by atoms with Gasteiger partial charge >= 0.3 is 12.0 Å². The van der Waals surface area contributed by atoms with Crippen molar-refractivity contribution in [2.75, 3.05) is 13.1 Å². The number of aromatic nitrogens is 3. The summed E-state index contributed by atoms with van der Waals surface area (Å²) in [6, 6.07) is -0.273. The lowest BCUT2D eigenvalue weighted by molar-refractivity contribution is -0.150. The van der Waals surface area contributed by atoms with Crippen LogP contribution >= 0.6 is 0 Å². The maximum atomic E-state index is 12.0. The lowest BCUT2D eigenvalue weighted by Gasteiger charge is -2.28. The lowest BCUT2D eigenvalue weighted by Crippen LogP contribution is -2.43. The summed E-state index contributed by atoms with van der Waals surface area (Å²) in [5, 5.41) is 18.5. The highest BCUT2D eigenvalue weighted by Gasteiger charge is 2.48. The van der Waals surface area contributed by atoms with Gasteiger partial charge < -0.3 is 15.3 Å². The van der Waals surface area contributed by atoms with Gasteiger partial charge in [0.15, 0.2) is 0 Å². The van der Waals surface area contributed by atoms with E-state index >= 15 is 0 Å². The molecule has 0 bridgehead atoms. The molecule has 1 fully saturated rings. The Morgan fingerprint density at radius 1 is 1.60 bits per heavy atom. The van der Waals surface area contributed by atoms with Crippen LogP contribution in [0.5, 0.6) is 0 Å². The Kier molecular flexibility index (Phi) is 3.91. The minimum Gasteiger partial charge on any atom is -0.481 e. The topological polar surface area (TPSA) is 111 Å². The van der Waals surface area contributed by atoms with Gasteiger partial charge in [-0.05, 0) is 12.3 Å². The Morgan fingerprint density at radius 3 is 2.85 bits per heavy atom. The van der Waals surface area contributed by atoms with Crippen molar-refractivity contribution in [3.05, 3.63) is 12.2 Å². The smallest absolute Gasteiger partial charge is 0.317 e. The van der Waals surface area contributed by atoms with Gasteiger partial charge in [0.25, 0.3) is 0 Å². The molecule has 2 rings (SSSR count). The van der Waals surface area contributed by atoms with Crippen molar-refractivity contribution < 1.29 is 14.7 Å². The van der Waals surface area contributed by atoms with Crippen LogP contribution in [0.15, 0.2) is 6.33 Å². The van der Waals surface area contributed by atoms with Gasteiger partial charge in [0.2, 0.25) is 0 Å². The number of carboxylic acids is 1. The Hall–Kier alpha value is -2.12. The molecule has 20 heavy (non-hydrogen) atoms. The third kappa shape index (κ3) is 2.59. The summed E-state index contributed by atoms with van der Waals surface area (Å²) in [6.07, 6.45) is 1.85. The second-order valence-electron chi connectivity index (χ2n) is 5.38. The average Bonchev–Trinajstić information content (AvgIpc) is 3.05. The highest BCUT2D eigenvalue weighted by molar-refractivity contribution is 5.80. The number of hydrogen-bond acceptors (Lipinski definition) is 4. The van der Waals surface area contributed by atoms with E-state index in [9.17, 15) is 14.7 Å². The number of aromatic amines is 1. The number of amides is 2. The van der Waals surface area contributed by atoms with Gasteiger partial charge in [-0.2, -0.15) is 5.10 Å². The van der Waals surface area contributed by atoms with E-state index in [1.165, 1.54) is 6.33 Å². The van der Waals surface area contributed by atoms with Gasteiger partial charge in [-0.15, -0.1) is 0 Å². The summed E-state index contributed by atoms with van der Waals surface area (Å²) in [4.78, 5) is 29.0. The van der Waals surface area contributed by atoms with E-state index in [0.29, 0.717) is 18.8 Å². The molecular formula is C12H19N5O3. The quantitative estimate of drug-likeness (QED) is 0.742. The number of likely N-dealkylation sites (tertiary alicyclic amines) is 1. The first-order chi connectivity index (χ1) is 9.45. The predicted octanol–water partition coefficient (Wildman–Crippen LogP) is 0.447. The number of carbonyl (C=O) groups excluding carboxylic acids is 1. The molecule has 1 aromatic heterocycles. The van der Waals surface area contributed by atoms with E-state index in [0.717, 1.165) is 0 Å². The molecule has 2 heterocycles. The van der Waals surface area contributed by atoms with E-state index in [-0.39, 0.29) is 25.0 Å². The maximum absolute atomic E-state index is 12.0. The van der Waals surface area contributed by atoms with E-state index in [1.54, 1.807) is 4.90 Å². The Bertz CT molecular complexity index is 487. The van der Waals surface area contributed by atoms with Gasteiger partial charge in [-0.1, -0.05) is 13.8 Å². The molecule has 1 saturated heterocycles. The number of H-pyrrole nitrogens is 1. The van der Waals surface area contributed by atoms with Crippen molar-refractivity contribution in [3.63, 3.8) is 0 Å². The fraction of sp³-hybridized carbons (Fsp3) is 0.667. The second-order valence-corrected chi connectivity index (χ2v) is 5.38. The van der Waals surface area contributed by atoms with Gasteiger partial charge in [0.1, 0.15) is 12.2 Å². The summed E-state index contributed by atoms with van der Waals surface area (Å²) in [5.74, 6) is -0.295. The minimum absolute atomic E-state index is 0.0212. The van der Waals surface area contributed by atoms with Crippen LogP contribution in [-0.4, -0.2) is 50.3 Å². The molecule has 8 heteroatoms. The van der Waals surface area contributed by atoms with Gasteiger partial charge in [-0.25, -0.2) is 9.78 Å². The Balaban J connectivity index is 1.94. The fourth-order valence-corrected chi connectivity index (χ4v) is 2.49. The Morgan fingerprint density at radius 2 is 2.35 bits per heavy atom. The average molecular weight is 281 g/mol. The van der Waals surface area contributed by atoms with Crippen molar-refractivity contribution in [1.29, 1.82) is 0 Å². The molecule has 1 atom stereocenters. The summed E-state index contributed by atoms with van der Waals surface area (Å²) in [5.41, 5.74) is -0.844. The molecular weight excluding hydrogens is 262 g/mol. The zero-order valence-electron chi connectivity index (χ0n) is 11.6. The highest BCUT2D eigenvalue weighted by atomic mass is 16.4. The van der Waals surface area contributed by atoms with Crippen LogP contribution in [0, 0.1) is 11.3 Å². The van der Waals surface area contributed by atoms with E-state index < -0.39 is 11.4 Å². The molecule has 0 radical (unpaired) electrons. The van der Waals surface area contributed by atoms with Crippen molar-refractivity contribution in [2.24, 2.45) is 11.3 Å². The number of aliphatic carboxylic acids is 1. The van der Waals surface area contributed by atoms with Crippen LogP contribution in [0.25, 0.3) is 0 Å². The first-order valence-corrected chi connectivity index (χ1v) is 6.56. The molecule has 110 valence electrons. The summed E-state index contributed by atoms with van der Waals surface area (Å²) >= 11 is 0. The van der Waals surface area contributed by atoms with E-state index in [1.807, 2.05) is 13.8 Å². The fourth-order valence-electron chi connectivity index (χ4n) is 2.49. The summed E-state index contributed by atoms with van der Waals surface area (Å²) in [7, 11) is 0. The molecule has 1 aromatic rings. The number of carboxylic acid groups (broad SMARTS) is 1. The largest absolute Gasteiger partial charge is 0.481 e. The summed E-state index contributed by atoms with van der Waals surface area (Å²) < 4.78 is 0. The molecule has 1 aliphatic rings. The number of urea groups is 1. The zero-order valence-corrected chi connectivity index (χ0v) is 11.6. The van der Waals surface area contributed by atoms with Gasteiger partial charge in [-0.3, -0.25) is 9.89 Å². The normalized spacial score (nSPS) is 22.2. The third-order valence-electron chi connectivity index (χ3n) is 3.99. The maximum Gasteiger partial charge on any atom is 0.317 e. The van der Waals surface area contributed by atoms with Crippen LogP contribution in [-0.2, 0) is 11.3 Å². The van der Waals surface area contributed by atoms with Crippen LogP contribution in [0.3, 0.4) is 0 Å². The SMILES string of the molecule is CC(C)C1(C(=O)O)CCN(C(=O)NCc2ncn[nH]2)C1. The number of rotatable bonds is 4. The van der Waals surface area contributed by atoms with Crippen molar-refractivity contribution >= 4 is 12.0 Å². The van der Waals surface area contributed by atoms with Crippen molar-refractivity contribution in [1.82, 2.24) is 25.4 Å². The molecule has 1 unspecified atom stereocenters. The van der Waals surface area contributed by atoms with Crippen molar-refractivity contribution in [3.8, 4) is 0 Å². The second kappa shape index (κ2) is 5.48. The first kappa shape index (κ1) is 14.3. The van der Waals surface area contributed by atoms with E-state index in [4.69, 9.17) is 0 Å². The molecule has 3 N–H and O–H groups in total. The van der Waals surface area contributed by atoms with Crippen molar-refractivity contribution in [2.45, 2.75) is 26.8 Å². The van der Waals surface area contributed by atoms with Crippen LogP contribution in [0.2, 0.25) is 0 Å². The number of hydrogen-bond donors (Lipinski definition) is 3. The van der Waals surface area contributed by atoms with Crippen LogP contribution < -0.4 is 5.32 Å².